The van der Waals surface area contributed by atoms with E-state index in [1.807, 2.05) is 42.1 Å². The Hall–Kier alpha value is -3.45. The van der Waals surface area contributed by atoms with Crippen molar-refractivity contribution < 1.29 is 5.11 Å². The number of aromatic nitrogens is 4. The molecule has 3 heterocycles. The Balaban J connectivity index is 1.56. The van der Waals surface area contributed by atoms with Gasteiger partial charge in [0.25, 0.3) is 0 Å². The van der Waals surface area contributed by atoms with Crippen molar-refractivity contribution in [2.24, 2.45) is 0 Å². The summed E-state index contributed by atoms with van der Waals surface area (Å²) in [5, 5.41) is 16.4. The highest BCUT2D eigenvalue weighted by atomic mass is 16.3. The molecule has 1 atom stereocenters. The predicted octanol–water partition coefficient (Wildman–Crippen LogP) is 4.31. The molecule has 0 saturated carbocycles. The van der Waals surface area contributed by atoms with Gasteiger partial charge < -0.3 is 20.3 Å². The quantitative estimate of drug-likeness (QED) is 0.377. The van der Waals surface area contributed by atoms with Gasteiger partial charge in [-0.3, -0.25) is 4.98 Å². The number of fused-ring (bicyclic) bond motifs is 1. The number of aliphatic hydroxyl groups excluding tert-OH is 1. The summed E-state index contributed by atoms with van der Waals surface area (Å²) in [4.78, 5) is 13.7. The van der Waals surface area contributed by atoms with E-state index in [1.165, 1.54) is 0 Å². The van der Waals surface area contributed by atoms with Crippen LogP contribution in [0, 0.1) is 0 Å². The summed E-state index contributed by atoms with van der Waals surface area (Å²) in [5.41, 5.74) is 5.81. The SMILES string of the molecule is CC[C@@H](CO)Nc1cc(NCc2ccc(-c3ccccn3)cc2)c2ncn(CC)c2n1. The van der Waals surface area contributed by atoms with Crippen molar-refractivity contribution in [3.8, 4) is 11.3 Å². The molecule has 0 fully saturated rings. The fourth-order valence-corrected chi connectivity index (χ4v) is 3.48. The molecule has 160 valence electrons. The van der Waals surface area contributed by atoms with Crippen molar-refractivity contribution in [3.05, 3.63) is 66.6 Å². The number of rotatable bonds is 9. The molecule has 1 aromatic carbocycles. The van der Waals surface area contributed by atoms with Gasteiger partial charge in [0.05, 0.1) is 30.4 Å². The van der Waals surface area contributed by atoms with Crippen molar-refractivity contribution in [1.29, 1.82) is 0 Å². The third kappa shape index (κ3) is 4.67. The molecule has 7 heteroatoms. The number of benzene rings is 1. The normalized spacial score (nSPS) is 12.1. The molecule has 3 N–H and O–H groups in total. The number of imidazole rings is 1. The molecule has 0 aliphatic rings. The highest BCUT2D eigenvalue weighted by molar-refractivity contribution is 5.88. The monoisotopic (exact) mass is 416 g/mol. The first-order valence-electron chi connectivity index (χ1n) is 10.7. The minimum atomic E-state index is -0.0325. The number of nitrogens with one attached hydrogen (secondary N) is 2. The number of aryl methyl sites for hydroxylation is 1. The van der Waals surface area contributed by atoms with Crippen LogP contribution in [-0.4, -0.2) is 37.3 Å². The number of hydrogen-bond acceptors (Lipinski definition) is 6. The molecule has 0 aliphatic heterocycles. The van der Waals surface area contributed by atoms with E-state index >= 15 is 0 Å². The lowest BCUT2D eigenvalue weighted by molar-refractivity contribution is 0.271. The zero-order chi connectivity index (χ0) is 21.6. The van der Waals surface area contributed by atoms with Crippen molar-refractivity contribution in [2.75, 3.05) is 17.2 Å². The minimum absolute atomic E-state index is 0.0325. The molecule has 0 radical (unpaired) electrons. The molecular weight excluding hydrogens is 388 g/mol. The van der Waals surface area contributed by atoms with Gasteiger partial charge in [0, 0.05) is 30.9 Å². The molecule has 4 aromatic rings. The largest absolute Gasteiger partial charge is 0.394 e. The van der Waals surface area contributed by atoms with Crippen LogP contribution in [0.1, 0.15) is 25.8 Å². The van der Waals surface area contributed by atoms with Gasteiger partial charge in [-0.1, -0.05) is 37.3 Å². The standard InChI is InChI=1S/C24H28N6O/c1-3-19(15-31)28-22-13-21(23-24(29-22)30(4-2)16-27-23)26-14-17-8-10-18(11-9-17)20-7-5-6-12-25-20/h5-13,16,19,31H,3-4,14-15H2,1-2H3,(H2,26,28,29)/t19-/m0/s1. The van der Waals surface area contributed by atoms with E-state index in [1.54, 1.807) is 6.20 Å². The fraction of sp³-hybridized carbons (Fsp3) is 0.292. The third-order valence-corrected chi connectivity index (χ3v) is 5.38. The molecule has 0 amide bonds. The average molecular weight is 417 g/mol. The second-order valence-corrected chi connectivity index (χ2v) is 7.46. The lowest BCUT2D eigenvalue weighted by atomic mass is 10.1. The van der Waals surface area contributed by atoms with Crippen molar-refractivity contribution in [2.45, 2.75) is 39.4 Å². The van der Waals surface area contributed by atoms with Crippen LogP contribution in [-0.2, 0) is 13.1 Å². The lowest BCUT2D eigenvalue weighted by Crippen LogP contribution is -2.23. The Morgan fingerprint density at radius 1 is 1.06 bits per heavy atom. The smallest absolute Gasteiger partial charge is 0.164 e. The van der Waals surface area contributed by atoms with Crippen LogP contribution in [0.2, 0.25) is 0 Å². The van der Waals surface area contributed by atoms with E-state index in [0.29, 0.717) is 6.54 Å². The Morgan fingerprint density at radius 3 is 2.58 bits per heavy atom. The summed E-state index contributed by atoms with van der Waals surface area (Å²) in [7, 11) is 0. The highest BCUT2D eigenvalue weighted by Crippen LogP contribution is 2.26. The van der Waals surface area contributed by atoms with Crippen LogP contribution >= 0.6 is 0 Å². The molecular formula is C24H28N6O. The molecule has 4 rings (SSSR count). The Bertz CT molecular complexity index is 1120. The van der Waals surface area contributed by atoms with E-state index in [4.69, 9.17) is 4.98 Å². The second-order valence-electron chi connectivity index (χ2n) is 7.46. The van der Waals surface area contributed by atoms with Gasteiger partial charge >= 0.3 is 0 Å². The van der Waals surface area contributed by atoms with Crippen molar-refractivity contribution >= 4 is 22.7 Å². The molecule has 0 bridgehead atoms. The zero-order valence-corrected chi connectivity index (χ0v) is 17.9. The van der Waals surface area contributed by atoms with Gasteiger partial charge in [0.2, 0.25) is 0 Å². The maximum absolute atomic E-state index is 9.56. The third-order valence-electron chi connectivity index (χ3n) is 5.38. The van der Waals surface area contributed by atoms with Crippen LogP contribution in [0.15, 0.2) is 61.1 Å². The molecule has 0 saturated heterocycles. The van der Waals surface area contributed by atoms with Gasteiger partial charge in [-0.05, 0) is 31.0 Å². The first kappa shape index (κ1) is 20.8. The van der Waals surface area contributed by atoms with Crippen LogP contribution in [0.5, 0.6) is 0 Å². The van der Waals surface area contributed by atoms with Gasteiger partial charge in [-0.15, -0.1) is 0 Å². The lowest BCUT2D eigenvalue weighted by Gasteiger charge is -2.16. The highest BCUT2D eigenvalue weighted by Gasteiger charge is 2.13. The molecule has 0 spiro atoms. The second kappa shape index (κ2) is 9.57. The van der Waals surface area contributed by atoms with Gasteiger partial charge in [-0.2, -0.15) is 0 Å². The Morgan fingerprint density at radius 2 is 1.90 bits per heavy atom. The molecule has 0 unspecified atom stereocenters. The summed E-state index contributed by atoms with van der Waals surface area (Å²) in [6, 6.07) is 16.3. The molecule has 3 aromatic heterocycles. The van der Waals surface area contributed by atoms with Gasteiger partial charge in [0.15, 0.2) is 5.65 Å². The minimum Gasteiger partial charge on any atom is -0.394 e. The Kier molecular flexibility index (Phi) is 6.43. The molecule has 31 heavy (non-hydrogen) atoms. The average Bonchev–Trinajstić information content (AvgIpc) is 3.25. The summed E-state index contributed by atoms with van der Waals surface area (Å²) in [5.74, 6) is 0.733. The van der Waals surface area contributed by atoms with Gasteiger partial charge in [-0.25, -0.2) is 9.97 Å². The van der Waals surface area contributed by atoms with Crippen LogP contribution in [0.4, 0.5) is 11.5 Å². The van der Waals surface area contributed by atoms with Crippen molar-refractivity contribution in [1.82, 2.24) is 19.5 Å². The number of hydrogen-bond donors (Lipinski definition) is 3. The maximum Gasteiger partial charge on any atom is 0.164 e. The zero-order valence-electron chi connectivity index (χ0n) is 17.9. The first-order chi connectivity index (χ1) is 15.2. The van der Waals surface area contributed by atoms with Crippen molar-refractivity contribution in [3.63, 3.8) is 0 Å². The van der Waals surface area contributed by atoms with E-state index in [2.05, 4.69) is 51.8 Å². The van der Waals surface area contributed by atoms with Crippen LogP contribution in [0.3, 0.4) is 0 Å². The summed E-state index contributed by atoms with van der Waals surface area (Å²) in [6.45, 7) is 5.63. The number of aliphatic hydroxyl groups is 1. The van der Waals surface area contributed by atoms with Gasteiger partial charge in [0.1, 0.15) is 11.3 Å². The number of pyridine rings is 2. The number of nitrogens with zero attached hydrogens (tertiary/aromatic N) is 4. The summed E-state index contributed by atoms with van der Waals surface area (Å²) < 4.78 is 2.02. The molecule has 7 nitrogen and oxygen atoms in total. The summed E-state index contributed by atoms with van der Waals surface area (Å²) >= 11 is 0. The fourth-order valence-electron chi connectivity index (χ4n) is 3.48. The van der Waals surface area contributed by atoms with E-state index in [9.17, 15) is 5.11 Å². The predicted molar refractivity (Wildman–Crippen MR) is 125 cm³/mol. The Labute approximate surface area is 182 Å². The molecule has 0 aliphatic carbocycles. The number of anilines is 2. The van der Waals surface area contributed by atoms with Crippen LogP contribution in [0.25, 0.3) is 22.4 Å². The summed E-state index contributed by atoms with van der Waals surface area (Å²) in [6.07, 6.45) is 4.44. The topological polar surface area (TPSA) is 87.9 Å². The first-order valence-corrected chi connectivity index (χ1v) is 10.7. The van der Waals surface area contributed by atoms with Crippen LogP contribution < -0.4 is 10.6 Å². The van der Waals surface area contributed by atoms with E-state index in [0.717, 1.165) is 52.5 Å². The van der Waals surface area contributed by atoms with E-state index < -0.39 is 0 Å². The van der Waals surface area contributed by atoms with E-state index in [-0.39, 0.29) is 12.6 Å². The maximum atomic E-state index is 9.56.